The molecule has 8 heteroatoms. The van der Waals surface area contributed by atoms with Gasteiger partial charge < -0.3 is 16.2 Å². The molecule has 0 radical (unpaired) electrons. The summed E-state index contributed by atoms with van der Waals surface area (Å²) in [6.07, 6.45) is 1.22. The number of guanidine groups is 1. The van der Waals surface area contributed by atoms with Crippen LogP contribution in [-0.4, -0.2) is 48.6 Å². The van der Waals surface area contributed by atoms with E-state index in [2.05, 4.69) is 5.32 Å². The smallest absolute Gasteiger partial charge is 0.320 e. The number of carboxylic acids is 1. The van der Waals surface area contributed by atoms with Crippen LogP contribution in [0.5, 0.6) is 0 Å². The van der Waals surface area contributed by atoms with Gasteiger partial charge in [0.25, 0.3) is 0 Å². The van der Waals surface area contributed by atoms with Crippen LogP contribution >= 0.6 is 24.8 Å². The molecular weight excluding hydrogens is 255 g/mol. The number of halogens is 2. The number of nitrogens with two attached hydrogens (primary N) is 1. The normalized spacial score (nSPS) is 10.9. The highest BCUT2D eigenvalue weighted by atomic mass is 35.5. The maximum atomic E-state index is 10.7. The van der Waals surface area contributed by atoms with Crippen LogP contribution < -0.4 is 11.1 Å². The molecule has 1 unspecified atom stereocenters. The number of likely N-dealkylation sites (N-methyl/N-ethyl adjacent to an activating group) is 1. The summed E-state index contributed by atoms with van der Waals surface area (Å²) in [5.74, 6) is -0.903. The molecule has 0 heterocycles. The summed E-state index contributed by atoms with van der Waals surface area (Å²) in [6, 6.07) is -0.469. The highest BCUT2D eigenvalue weighted by Gasteiger charge is 2.18. The van der Waals surface area contributed by atoms with Crippen molar-refractivity contribution in [1.82, 2.24) is 10.2 Å². The van der Waals surface area contributed by atoms with Crippen LogP contribution in [0, 0.1) is 5.41 Å². The zero-order chi connectivity index (χ0) is 11.1. The van der Waals surface area contributed by atoms with Crippen LogP contribution in [0.2, 0.25) is 0 Å². The molecule has 0 aromatic heterocycles. The van der Waals surface area contributed by atoms with Gasteiger partial charge in [0, 0.05) is 6.54 Å². The van der Waals surface area contributed by atoms with E-state index in [4.69, 9.17) is 16.2 Å². The van der Waals surface area contributed by atoms with Gasteiger partial charge in [-0.25, -0.2) is 0 Å². The molecule has 0 spiro atoms. The lowest BCUT2D eigenvalue weighted by Gasteiger charge is -2.19. The van der Waals surface area contributed by atoms with E-state index in [0.29, 0.717) is 19.4 Å². The Labute approximate surface area is 108 Å². The summed E-state index contributed by atoms with van der Waals surface area (Å²) in [6.45, 7) is 0.535. The fourth-order valence-electron chi connectivity index (χ4n) is 1.12. The van der Waals surface area contributed by atoms with E-state index < -0.39 is 12.0 Å². The van der Waals surface area contributed by atoms with Gasteiger partial charge >= 0.3 is 5.97 Å². The van der Waals surface area contributed by atoms with Crippen molar-refractivity contribution in [3.63, 3.8) is 0 Å². The van der Waals surface area contributed by atoms with Crippen LogP contribution in [0.3, 0.4) is 0 Å². The predicted molar refractivity (Wildman–Crippen MR) is 68.8 cm³/mol. The Balaban J connectivity index is -0.000000845. The molecule has 0 fully saturated rings. The van der Waals surface area contributed by atoms with Crippen molar-refractivity contribution in [2.45, 2.75) is 18.9 Å². The molecule has 0 rings (SSSR count). The van der Waals surface area contributed by atoms with Gasteiger partial charge in [-0.05, 0) is 26.9 Å². The minimum absolute atomic E-state index is 0. The quantitative estimate of drug-likeness (QED) is 0.313. The van der Waals surface area contributed by atoms with Gasteiger partial charge in [-0.2, -0.15) is 0 Å². The van der Waals surface area contributed by atoms with Gasteiger partial charge in [-0.3, -0.25) is 15.1 Å². The molecule has 0 saturated carbocycles. The van der Waals surface area contributed by atoms with Gasteiger partial charge in [0.15, 0.2) is 5.96 Å². The van der Waals surface area contributed by atoms with Crippen molar-refractivity contribution in [2.24, 2.45) is 5.73 Å². The highest BCUT2D eigenvalue weighted by Crippen LogP contribution is 2.02. The minimum atomic E-state index is -0.821. The lowest BCUT2D eigenvalue weighted by molar-refractivity contribution is -0.142. The van der Waals surface area contributed by atoms with Crippen LogP contribution in [0.25, 0.3) is 0 Å². The molecule has 0 amide bonds. The Hall–Kier alpha value is -0.720. The van der Waals surface area contributed by atoms with Crippen molar-refractivity contribution < 1.29 is 9.90 Å². The van der Waals surface area contributed by atoms with Crippen molar-refractivity contribution in [1.29, 1.82) is 5.41 Å². The third-order valence-corrected chi connectivity index (χ3v) is 1.88. The number of hydrogen-bond donors (Lipinski definition) is 4. The van der Waals surface area contributed by atoms with Crippen molar-refractivity contribution in [2.75, 3.05) is 20.6 Å². The average Bonchev–Trinajstić information content (AvgIpc) is 2.01. The number of nitrogens with one attached hydrogen (secondary N) is 2. The van der Waals surface area contributed by atoms with E-state index in [0.717, 1.165) is 0 Å². The largest absolute Gasteiger partial charge is 0.480 e. The molecule has 5 N–H and O–H groups in total. The molecule has 0 saturated heterocycles. The molecule has 16 heavy (non-hydrogen) atoms. The van der Waals surface area contributed by atoms with Crippen molar-refractivity contribution >= 4 is 36.7 Å². The maximum Gasteiger partial charge on any atom is 0.320 e. The van der Waals surface area contributed by atoms with Gasteiger partial charge in [-0.1, -0.05) is 0 Å². The summed E-state index contributed by atoms with van der Waals surface area (Å²) in [5, 5.41) is 18.3. The van der Waals surface area contributed by atoms with Crippen molar-refractivity contribution in [3.05, 3.63) is 0 Å². The van der Waals surface area contributed by atoms with Gasteiger partial charge in [0.2, 0.25) is 0 Å². The van der Waals surface area contributed by atoms with E-state index in [1.165, 1.54) is 0 Å². The number of rotatable bonds is 6. The number of carboxylic acid groups (broad SMARTS) is 1. The fourth-order valence-corrected chi connectivity index (χ4v) is 1.12. The van der Waals surface area contributed by atoms with Crippen LogP contribution in [0.4, 0.5) is 0 Å². The summed E-state index contributed by atoms with van der Waals surface area (Å²) in [4.78, 5) is 12.4. The second-order valence-electron chi connectivity index (χ2n) is 3.30. The first-order valence-corrected chi connectivity index (χ1v) is 4.42. The van der Waals surface area contributed by atoms with E-state index >= 15 is 0 Å². The third kappa shape index (κ3) is 9.82. The van der Waals surface area contributed by atoms with Crippen LogP contribution in [0.15, 0.2) is 0 Å². The van der Waals surface area contributed by atoms with Crippen molar-refractivity contribution in [3.8, 4) is 0 Å². The number of aliphatic carboxylic acids is 1. The first-order chi connectivity index (χ1) is 6.45. The lowest BCUT2D eigenvalue weighted by atomic mass is 10.1. The first kappa shape index (κ1) is 20.7. The number of carbonyl (C=O) groups is 1. The molecule has 0 aliphatic carbocycles. The zero-order valence-electron chi connectivity index (χ0n) is 9.40. The Bertz CT molecular complexity index is 214. The van der Waals surface area contributed by atoms with Crippen LogP contribution in [0.1, 0.15) is 12.8 Å². The molecule has 1 atom stereocenters. The highest BCUT2D eigenvalue weighted by molar-refractivity contribution is 5.85. The standard InChI is InChI=1S/C8H18N4O2.2ClH/c1-12(2)6(7(13)14)4-3-5-11-8(9)10;;/h6H,3-5H2,1-2H3,(H,13,14)(H4,9,10,11);2*1H. The SMILES string of the molecule is CN(C)C(CCCNC(=N)N)C(=O)O.Cl.Cl. The average molecular weight is 275 g/mol. The molecule has 0 aliphatic rings. The Morgan fingerprint density at radius 1 is 1.50 bits per heavy atom. The van der Waals surface area contributed by atoms with E-state index in [9.17, 15) is 4.79 Å². The predicted octanol–water partition coefficient (Wildman–Crippen LogP) is 0.108. The number of hydrogen-bond acceptors (Lipinski definition) is 3. The molecule has 0 bridgehead atoms. The summed E-state index contributed by atoms with van der Waals surface area (Å²) in [5.41, 5.74) is 5.07. The first-order valence-electron chi connectivity index (χ1n) is 4.42. The van der Waals surface area contributed by atoms with Gasteiger partial charge in [0.05, 0.1) is 0 Å². The molecule has 0 aromatic rings. The Morgan fingerprint density at radius 2 is 2.00 bits per heavy atom. The summed E-state index contributed by atoms with van der Waals surface area (Å²) >= 11 is 0. The van der Waals surface area contributed by atoms with Gasteiger partial charge in [-0.15, -0.1) is 24.8 Å². The second-order valence-corrected chi connectivity index (χ2v) is 3.30. The monoisotopic (exact) mass is 274 g/mol. The molecule has 98 valence electrons. The Morgan fingerprint density at radius 3 is 2.31 bits per heavy atom. The summed E-state index contributed by atoms with van der Waals surface area (Å²) in [7, 11) is 3.47. The third-order valence-electron chi connectivity index (χ3n) is 1.88. The molecular formula is C8H20Cl2N4O2. The molecule has 0 aromatic carbocycles. The van der Waals surface area contributed by atoms with E-state index in [-0.39, 0.29) is 30.8 Å². The topological polar surface area (TPSA) is 102 Å². The van der Waals surface area contributed by atoms with E-state index in [1.807, 2.05) is 0 Å². The van der Waals surface area contributed by atoms with Gasteiger partial charge in [0.1, 0.15) is 6.04 Å². The maximum absolute atomic E-state index is 10.7. The minimum Gasteiger partial charge on any atom is -0.480 e. The fraction of sp³-hybridized carbons (Fsp3) is 0.750. The summed E-state index contributed by atoms with van der Waals surface area (Å²) < 4.78 is 0. The number of nitrogens with zero attached hydrogens (tertiary/aromatic N) is 1. The molecule has 0 aliphatic heterocycles. The zero-order valence-corrected chi connectivity index (χ0v) is 11.0. The Kier molecular flexibility index (Phi) is 13.9. The lowest BCUT2D eigenvalue weighted by Crippen LogP contribution is -2.37. The van der Waals surface area contributed by atoms with Crippen LogP contribution in [-0.2, 0) is 4.79 Å². The second kappa shape index (κ2) is 10.8. The molecule has 6 nitrogen and oxygen atoms in total. The van der Waals surface area contributed by atoms with E-state index in [1.54, 1.807) is 19.0 Å².